The minimum absolute atomic E-state index is 0.179. The third-order valence-corrected chi connectivity index (χ3v) is 5.08. The van der Waals surface area contributed by atoms with Gasteiger partial charge in [0.05, 0.1) is 0 Å². The van der Waals surface area contributed by atoms with Crippen molar-refractivity contribution in [2.45, 2.75) is 46.1 Å². The lowest BCUT2D eigenvalue weighted by molar-refractivity contribution is -0.155. The molecule has 3 atom stereocenters. The second kappa shape index (κ2) is 4.58. The largest absolute Gasteiger partial charge is 0.462 e. The average molecular weight is 288 g/mol. The number of hydrogen-bond donors (Lipinski definition) is 0. The minimum Gasteiger partial charge on any atom is -0.462 e. The molecule has 0 bridgehead atoms. The van der Waals surface area contributed by atoms with Crippen LogP contribution in [0.1, 0.15) is 40.0 Å². The molecule has 1 heterocycles. The Hall–Kier alpha value is -1.84. The van der Waals surface area contributed by atoms with Gasteiger partial charge in [-0.1, -0.05) is 19.1 Å². The van der Waals surface area contributed by atoms with E-state index in [-0.39, 0.29) is 29.4 Å². The molecule has 1 fully saturated rings. The smallest absolute Gasteiger partial charge is 0.339 e. The van der Waals surface area contributed by atoms with E-state index < -0.39 is 0 Å². The lowest BCUT2D eigenvalue weighted by Crippen LogP contribution is -2.46. The Balaban J connectivity index is 2.06. The van der Waals surface area contributed by atoms with Gasteiger partial charge in [-0.2, -0.15) is 0 Å². The quantitative estimate of drug-likeness (QED) is 0.549. The van der Waals surface area contributed by atoms with Gasteiger partial charge in [0.25, 0.3) is 0 Å². The highest BCUT2D eigenvalue weighted by Crippen LogP contribution is 2.54. The van der Waals surface area contributed by atoms with Gasteiger partial charge in [0.15, 0.2) is 0 Å². The van der Waals surface area contributed by atoms with Crippen molar-refractivity contribution >= 4 is 11.9 Å². The van der Waals surface area contributed by atoms with E-state index in [2.05, 4.69) is 13.5 Å². The summed E-state index contributed by atoms with van der Waals surface area (Å²) >= 11 is 0. The molecule has 0 radical (unpaired) electrons. The average Bonchev–Trinajstić information content (AvgIpc) is 2.66. The summed E-state index contributed by atoms with van der Waals surface area (Å²) in [6, 6.07) is 0. The van der Waals surface area contributed by atoms with Crippen molar-refractivity contribution in [2.24, 2.45) is 11.3 Å². The molecule has 0 saturated heterocycles. The van der Waals surface area contributed by atoms with Gasteiger partial charge in [0.2, 0.25) is 0 Å². The fraction of sp³-hybridized carbons (Fsp3) is 0.529. The molecule has 1 saturated carbocycles. The number of hydrogen-bond acceptors (Lipinski definition) is 4. The standard InChI is InChI=1S/C17H20O4/c1-9-5-6-15(20-11(3)18)17(4)8-14-12(7-13(9)17)10(2)16(19)21-14/h8,13,15H,1,5-7H2,2-4H3. The number of fused-ring (bicyclic) bond motifs is 2. The minimum atomic E-state index is -0.356. The SMILES string of the molecule is C=C1CCC(OC(C)=O)C2(C)C=C3OC(=O)C(C)=C3CC12. The Bertz CT molecular complexity index is 610. The topological polar surface area (TPSA) is 52.6 Å². The molecule has 112 valence electrons. The third kappa shape index (κ3) is 2.04. The highest BCUT2D eigenvalue weighted by Gasteiger charge is 2.51. The van der Waals surface area contributed by atoms with Crippen molar-refractivity contribution in [2.75, 3.05) is 0 Å². The monoisotopic (exact) mass is 288 g/mol. The van der Waals surface area contributed by atoms with Crippen molar-refractivity contribution < 1.29 is 19.1 Å². The van der Waals surface area contributed by atoms with Crippen molar-refractivity contribution in [1.29, 1.82) is 0 Å². The van der Waals surface area contributed by atoms with Gasteiger partial charge >= 0.3 is 11.9 Å². The molecule has 21 heavy (non-hydrogen) atoms. The van der Waals surface area contributed by atoms with E-state index in [1.54, 1.807) is 6.92 Å². The molecule has 2 aliphatic carbocycles. The summed E-state index contributed by atoms with van der Waals surface area (Å²) in [5.41, 5.74) is 2.47. The maximum Gasteiger partial charge on any atom is 0.339 e. The van der Waals surface area contributed by atoms with E-state index in [9.17, 15) is 9.59 Å². The van der Waals surface area contributed by atoms with E-state index in [0.717, 1.165) is 30.4 Å². The van der Waals surface area contributed by atoms with Crippen LogP contribution in [0.2, 0.25) is 0 Å². The van der Waals surface area contributed by atoms with Gasteiger partial charge in [-0.05, 0) is 38.2 Å². The number of esters is 2. The van der Waals surface area contributed by atoms with Crippen LogP contribution in [0.25, 0.3) is 0 Å². The van der Waals surface area contributed by atoms with Crippen molar-refractivity contribution in [3.63, 3.8) is 0 Å². The summed E-state index contributed by atoms with van der Waals surface area (Å²) in [5.74, 6) is 0.280. The summed E-state index contributed by atoms with van der Waals surface area (Å²) in [6.07, 6.45) is 4.13. The van der Waals surface area contributed by atoms with Crippen molar-refractivity contribution in [3.05, 3.63) is 35.1 Å². The summed E-state index contributed by atoms with van der Waals surface area (Å²) in [7, 11) is 0. The van der Waals surface area contributed by atoms with Crippen LogP contribution in [0, 0.1) is 11.3 Å². The number of rotatable bonds is 1. The van der Waals surface area contributed by atoms with Crippen LogP contribution in [-0.4, -0.2) is 18.0 Å². The highest BCUT2D eigenvalue weighted by molar-refractivity contribution is 5.94. The van der Waals surface area contributed by atoms with Crippen LogP contribution in [0.3, 0.4) is 0 Å². The fourth-order valence-corrected chi connectivity index (χ4v) is 3.81. The van der Waals surface area contributed by atoms with Gasteiger partial charge in [-0.3, -0.25) is 4.79 Å². The highest BCUT2D eigenvalue weighted by atomic mass is 16.5. The molecule has 0 aromatic rings. The van der Waals surface area contributed by atoms with Crippen LogP contribution in [0.15, 0.2) is 35.1 Å². The van der Waals surface area contributed by atoms with Gasteiger partial charge < -0.3 is 9.47 Å². The Kier molecular flexibility index (Phi) is 3.08. The number of carbonyl (C=O) groups is 2. The summed E-state index contributed by atoms with van der Waals surface area (Å²) in [6.45, 7) is 9.50. The van der Waals surface area contributed by atoms with E-state index in [1.165, 1.54) is 6.92 Å². The Morgan fingerprint density at radius 1 is 1.52 bits per heavy atom. The fourth-order valence-electron chi connectivity index (χ4n) is 3.81. The van der Waals surface area contributed by atoms with E-state index >= 15 is 0 Å². The van der Waals surface area contributed by atoms with E-state index in [0.29, 0.717) is 11.3 Å². The second-order valence-electron chi connectivity index (χ2n) is 6.42. The van der Waals surface area contributed by atoms with Gasteiger partial charge in [-0.25, -0.2) is 4.79 Å². The normalized spacial score (nSPS) is 34.9. The molecule has 4 heteroatoms. The molecule has 0 spiro atoms. The molecule has 0 aromatic heterocycles. The predicted octanol–water partition coefficient (Wildman–Crippen LogP) is 3.05. The van der Waals surface area contributed by atoms with Gasteiger partial charge in [0, 0.05) is 23.5 Å². The van der Waals surface area contributed by atoms with E-state index in [1.807, 2.05) is 6.08 Å². The lowest BCUT2D eigenvalue weighted by atomic mass is 9.59. The molecule has 0 amide bonds. The van der Waals surface area contributed by atoms with Crippen molar-refractivity contribution in [1.82, 2.24) is 0 Å². The van der Waals surface area contributed by atoms with Gasteiger partial charge in [-0.15, -0.1) is 0 Å². The van der Waals surface area contributed by atoms with Crippen LogP contribution >= 0.6 is 0 Å². The molecule has 0 aromatic carbocycles. The number of ether oxygens (including phenoxy) is 2. The predicted molar refractivity (Wildman–Crippen MR) is 77.0 cm³/mol. The van der Waals surface area contributed by atoms with Crippen molar-refractivity contribution in [3.8, 4) is 0 Å². The maximum atomic E-state index is 11.8. The first-order valence-corrected chi connectivity index (χ1v) is 7.33. The third-order valence-electron chi connectivity index (χ3n) is 5.08. The Morgan fingerprint density at radius 2 is 2.24 bits per heavy atom. The molecule has 4 nitrogen and oxygen atoms in total. The van der Waals surface area contributed by atoms with Crippen LogP contribution in [-0.2, 0) is 19.1 Å². The Labute approximate surface area is 124 Å². The Morgan fingerprint density at radius 3 is 2.90 bits per heavy atom. The molecule has 3 aliphatic rings. The summed E-state index contributed by atoms with van der Waals surface area (Å²) in [5, 5.41) is 0. The molecular weight excluding hydrogens is 268 g/mol. The number of allylic oxidation sites excluding steroid dienone is 2. The summed E-state index contributed by atoms with van der Waals surface area (Å²) < 4.78 is 10.9. The maximum absolute atomic E-state index is 11.8. The first kappa shape index (κ1) is 14.1. The number of carbonyl (C=O) groups excluding carboxylic acids is 2. The van der Waals surface area contributed by atoms with E-state index in [4.69, 9.17) is 9.47 Å². The molecule has 3 unspecified atom stereocenters. The second-order valence-corrected chi connectivity index (χ2v) is 6.42. The van der Waals surface area contributed by atoms with Crippen LogP contribution < -0.4 is 0 Å². The van der Waals surface area contributed by atoms with Crippen LogP contribution in [0.5, 0.6) is 0 Å². The zero-order valence-electron chi connectivity index (χ0n) is 12.7. The zero-order valence-corrected chi connectivity index (χ0v) is 12.7. The lowest BCUT2D eigenvalue weighted by Gasteiger charge is -2.48. The first-order valence-electron chi connectivity index (χ1n) is 7.33. The zero-order chi connectivity index (χ0) is 15.4. The first-order chi connectivity index (χ1) is 9.83. The molecular formula is C17H20O4. The molecule has 1 aliphatic heterocycles. The molecule has 3 rings (SSSR count). The van der Waals surface area contributed by atoms with Crippen LogP contribution in [0.4, 0.5) is 0 Å². The van der Waals surface area contributed by atoms with Gasteiger partial charge in [0.1, 0.15) is 11.9 Å². The summed E-state index contributed by atoms with van der Waals surface area (Å²) in [4.78, 5) is 23.1. The molecule has 0 N–H and O–H groups in total.